The molecule has 0 fully saturated rings. The van der Waals surface area contributed by atoms with Crippen LogP contribution in [0.3, 0.4) is 0 Å². The van der Waals surface area contributed by atoms with Gasteiger partial charge in [0, 0.05) is 32.7 Å². The van der Waals surface area contributed by atoms with Crippen molar-refractivity contribution in [1.29, 1.82) is 0 Å². The van der Waals surface area contributed by atoms with Crippen LogP contribution in [0, 0.1) is 0 Å². The van der Waals surface area contributed by atoms with Crippen molar-refractivity contribution in [2.45, 2.75) is 0 Å². The molecule has 0 aliphatic carbocycles. The molecule has 0 rings (SSSR count). The van der Waals surface area contributed by atoms with Crippen LogP contribution in [0.5, 0.6) is 0 Å². The second-order valence-electron chi connectivity index (χ2n) is 0.447. The van der Waals surface area contributed by atoms with Gasteiger partial charge in [-0.25, -0.2) is 0 Å². The summed E-state index contributed by atoms with van der Waals surface area (Å²) in [5.74, 6) is 0. The Morgan fingerprint density at radius 2 is 1.17 bits per heavy atom. The Morgan fingerprint density at radius 1 is 1.17 bits per heavy atom. The first-order valence-electron chi connectivity index (χ1n) is 1.30. The molecule has 0 aromatic carbocycles. The standard InChI is InChI=1S/C2H6N.CH4S.Y/c1-3-2;1-2;/h1-2H3;2H,1H3;/q-1;;/p-1. The fourth-order valence-corrected chi connectivity index (χ4v) is 0. The van der Waals surface area contributed by atoms with Crippen molar-refractivity contribution in [3.63, 3.8) is 0 Å². The van der Waals surface area contributed by atoms with Crippen molar-refractivity contribution in [3.8, 4) is 0 Å². The minimum Gasteiger partial charge on any atom is -0.796 e. The van der Waals surface area contributed by atoms with Gasteiger partial charge in [0.1, 0.15) is 0 Å². The summed E-state index contributed by atoms with van der Waals surface area (Å²) in [6, 6.07) is 0. The van der Waals surface area contributed by atoms with Crippen LogP contribution in [0.15, 0.2) is 0 Å². The normalized spacial score (nSPS) is 4.00. The van der Waals surface area contributed by atoms with E-state index in [4.69, 9.17) is 0 Å². The molecule has 0 amide bonds. The number of hydrogen-bond donors (Lipinski definition) is 0. The summed E-state index contributed by atoms with van der Waals surface area (Å²) in [6.07, 6.45) is 1.58. The minimum absolute atomic E-state index is 0. The molecular formula is C3H9NSY-2. The summed E-state index contributed by atoms with van der Waals surface area (Å²) in [7, 11) is 3.50. The third-order valence-corrected chi connectivity index (χ3v) is 0. The molecule has 0 aromatic heterocycles. The maximum atomic E-state index is 4.08. The van der Waals surface area contributed by atoms with Crippen LogP contribution in [0.1, 0.15) is 0 Å². The van der Waals surface area contributed by atoms with Gasteiger partial charge in [-0.3, -0.25) is 0 Å². The summed E-state index contributed by atoms with van der Waals surface area (Å²) in [5, 5.41) is 3.50. The molecule has 0 atom stereocenters. The van der Waals surface area contributed by atoms with E-state index < -0.39 is 0 Å². The summed E-state index contributed by atoms with van der Waals surface area (Å²) in [4.78, 5) is 0. The van der Waals surface area contributed by atoms with E-state index >= 15 is 0 Å². The molecule has 0 N–H and O–H groups in total. The van der Waals surface area contributed by atoms with Crippen LogP contribution >= 0.6 is 0 Å². The van der Waals surface area contributed by atoms with Crippen LogP contribution in [-0.4, -0.2) is 20.4 Å². The molecule has 0 spiro atoms. The van der Waals surface area contributed by atoms with Gasteiger partial charge in [0.25, 0.3) is 0 Å². The van der Waals surface area contributed by atoms with Crippen molar-refractivity contribution in [2.24, 2.45) is 0 Å². The molecule has 0 bridgehead atoms. The van der Waals surface area contributed by atoms with Gasteiger partial charge in [-0.2, -0.15) is 20.4 Å². The molecule has 1 radical (unpaired) electrons. The molecule has 0 heterocycles. The van der Waals surface area contributed by atoms with Gasteiger partial charge in [0.2, 0.25) is 0 Å². The first-order valence-corrected chi connectivity index (χ1v) is 2.12. The van der Waals surface area contributed by atoms with E-state index in [2.05, 4.69) is 17.9 Å². The number of nitrogens with zero attached hydrogens (tertiary/aromatic N) is 1. The van der Waals surface area contributed by atoms with Crippen LogP contribution in [-0.2, 0) is 45.3 Å². The van der Waals surface area contributed by atoms with Crippen LogP contribution in [0.25, 0.3) is 5.32 Å². The van der Waals surface area contributed by atoms with Crippen LogP contribution < -0.4 is 0 Å². The Bertz CT molecular complexity index is 10.8. The van der Waals surface area contributed by atoms with Crippen molar-refractivity contribution in [1.82, 2.24) is 0 Å². The molecule has 37 valence electrons. The van der Waals surface area contributed by atoms with Crippen LogP contribution in [0.2, 0.25) is 0 Å². The largest absolute Gasteiger partial charge is 0.796 e. The summed E-state index contributed by atoms with van der Waals surface area (Å²) >= 11 is 4.08. The average molecular weight is 180 g/mol. The Kier molecular flexibility index (Phi) is 84.2. The minimum atomic E-state index is 0. The fourth-order valence-electron chi connectivity index (χ4n) is 0. The van der Waals surface area contributed by atoms with Crippen LogP contribution in [0.4, 0.5) is 0 Å². The van der Waals surface area contributed by atoms with Crippen molar-refractivity contribution >= 4 is 12.6 Å². The predicted octanol–water partition coefficient (Wildman–Crippen LogP) is 0.780. The summed E-state index contributed by atoms with van der Waals surface area (Å²) < 4.78 is 0. The smallest absolute Gasteiger partial charge is 0 e. The van der Waals surface area contributed by atoms with Gasteiger partial charge in [-0.15, -0.1) is 0 Å². The monoisotopic (exact) mass is 180 g/mol. The van der Waals surface area contributed by atoms with E-state index in [1.807, 2.05) is 0 Å². The third kappa shape index (κ3) is 52.8. The summed E-state index contributed by atoms with van der Waals surface area (Å²) in [6.45, 7) is 0. The molecular weight excluding hydrogens is 171 g/mol. The van der Waals surface area contributed by atoms with Gasteiger partial charge in [0.05, 0.1) is 0 Å². The maximum absolute atomic E-state index is 4.08. The Balaban J connectivity index is -0.0000000275. The molecule has 1 nitrogen and oxygen atoms in total. The van der Waals surface area contributed by atoms with Gasteiger partial charge < -0.3 is 17.9 Å². The first-order chi connectivity index (χ1) is 2.41. The first kappa shape index (κ1) is 15.7. The molecule has 0 saturated carbocycles. The molecule has 0 saturated heterocycles. The SMILES string of the molecule is C[N-]C.C[S-].[Y]. The van der Waals surface area contributed by atoms with Gasteiger partial charge >= 0.3 is 0 Å². The second kappa shape index (κ2) is 32.3. The third-order valence-electron chi connectivity index (χ3n) is 0. The fraction of sp³-hybridized carbons (Fsp3) is 1.00. The van der Waals surface area contributed by atoms with E-state index in [1.54, 1.807) is 20.4 Å². The van der Waals surface area contributed by atoms with E-state index in [1.165, 1.54) is 0 Å². The van der Waals surface area contributed by atoms with E-state index in [0.29, 0.717) is 0 Å². The molecule has 6 heavy (non-hydrogen) atoms. The van der Waals surface area contributed by atoms with Gasteiger partial charge in [0.15, 0.2) is 0 Å². The number of hydrogen-bond acceptors (Lipinski definition) is 1. The van der Waals surface area contributed by atoms with Crippen molar-refractivity contribution < 1.29 is 32.7 Å². The Hall–Kier alpha value is 1.41. The Morgan fingerprint density at radius 3 is 1.17 bits per heavy atom. The zero-order valence-electron chi connectivity index (χ0n) is 4.43. The van der Waals surface area contributed by atoms with E-state index in [-0.39, 0.29) is 32.7 Å². The quantitative estimate of drug-likeness (QED) is 0.502. The zero-order chi connectivity index (χ0) is 4.71. The summed E-state index contributed by atoms with van der Waals surface area (Å²) in [5.41, 5.74) is 0. The molecule has 0 aliphatic rings. The molecule has 0 aliphatic heterocycles. The zero-order valence-corrected chi connectivity index (χ0v) is 8.09. The molecule has 0 aromatic rings. The molecule has 0 unspecified atom stereocenters. The van der Waals surface area contributed by atoms with E-state index in [0.717, 1.165) is 0 Å². The van der Waals surface area contributed by atoms with Crippen molar-refractivity contribution in [2.75, 3.05) is 20.4 Å². The average Bonchev–Trinajstić information content (AvgIpc) is 1.46. The van der Waals surface area contributed by atoms with Crippen molar-refractivity contribution in [3.05, 3.63) is 5.32 Å². The molecule has 3 heteroatoms. The van der Waals surface area contributed by atoms with E-state index in [9.17, 15) is 0 Å². The predicted molar refractivity (Wildman–Crippen MR) is 28.5 cm³/mol. The second-order valence-corrected chi connectivity index (χ2v) is 0.447. The Labute approximate surface area is 70.6 Å². The topological polar surface area (TPSA) is 14.1 Å². The van der Waals surface area contributed by atoms with Gasteiger partial charge in [-0.1, -0.05) is 0 Å². The number of rotatable bonds is 0. The van der Waals surface area contributed by atoms with Gasteiger partial charge in [-0.05, 0) is 0 Å². The maximum Gasteiger partial charge on any atom is 0 e.